The van der Waals surface area contributed by atoms with Crippen LogP contribution in [0, 0.1) is 0 Å². The van der Waals surface area contributed by atoms with E-state index < -0.39 is 6.17 Å². The summed E-state index contributed by atoms with van der Waals surface area (Å²) in [6, 6.07) is 18.7. The van der Waals surface area contributed by atoms with Gasteiger partial charge in [-0.2, -0.15) is 0 Å². The molecule has 1 amide bonds. The van der Waals surface area contributed by atoms with Crippen LogP contribution in [0.3, 0.4) is 0 Å². The van der Waals surface area contributed by atoms with E-state index in [1.165, 1.54) is 0 Å². The quantitative estimate of drug-likeness (QED) is 0.683. The smallest absolute Gasteiger partial charge is 0.262 e. The highest BCUT2D eigenvalue weighted by molar-refractivity contribution is 6.12. The van der Waals surface area contributed by atoms with Gasteiger partial charge in [0.1, 0.15) is 25.1 Å². The molecule has 2 aliphatic heterocycles. The van der Waals surface area contributed by atoms with E-state index >= 15 is 0 Å². The Morgan fingerprint density at radius 2 is 1.74 bits per heavy atom. The Balaban J connectivity index is 1.65. The second kappa shape index (κ2) is 7.75. The van der Waals surface area contributed by atoms with Crippen LogP contribution in [0.2, 0.25) is 0 Å². The lowest BCUT2D eigenvalue weighted by Gasteiger charge is -2.38. The maximum Gasteiger partial charge on any atom is 0.262 e. The number of rotatable bonds is 4. The van der Waals surface area contributed by atoms with Gasteiger partial charge in [-0.25, -0.2) is 0 Å². The van der Waals surface area contributed by atoms with Gasteiger partial charge in [-0.15, -0.1) is 0 Å². The maximum absolute atomic E-state index is 13.6. The summed E-state index contributed by atoms with van der Waals surface area (Å²) >= 11 is 0. The Bertz CT molecular complexity index is 1110. The molecular weight excluding hydrogens is 396 g/mol. The van der Waals surface area contributed by atoms with Crippen LogP contribution in [0.1, 0.15) is 22.1 Å². The van der Waals surface area contributed by atoms with E-state index in [4.69, 9.17) is 18.9 Å². The Morgan fingerprint density at radius 3 is 2.52 bits per heavy atom. The van der Waals surface area contributed by atoms with Crippen molar-refractivity contribution >= 4 is 17.3 Å². The second-order valence-electron chi connectivity index (χ2n) is 7.21. The monoisotopic (exact) mass is 418 g/mol. The third kappa shape index (κ3) is 3.28. The predicted molar refractivity (Wildman–Crippen MR) is 117 cm³/mol. The van der Waals surface area contributed by atoms with Crippen LogP contribution >= 0.6 is 0 Å². The zero-order chi connectivity index (χ0) is 21.4. The van der Waals surface area contributed by atoms with Crippen molar-refractivity contribution in [2.24, 2.45) is 0 Å². The van der Waals surface area contributed by atoms with Crippen LogP contribution in [0.4, 0.5) is 11.4 Å². The minimum Gasteiger partial charge on any atom is -0.497 e. The number of anilines is 2. The zero-order valence-corrected chi connectivity index (χ0v) is 17.3. The summed E-state index contributed by atoms with van der Waals surface area (Å²) in [6.07, 6.45) is -0.472. The van der Waals surface area contributed by atoms with E-state index in [1.54, 1.807) is 19.1 Å². The number of nitrogens with one attached hydrogen (secondary N) is 1. The van der Waals surface area contributed by atoms with Gasteiger partial charge in [0.2, 0.25) is 5.75 Å². The van der Waals surface area contributed by atoms with Crippen molar-refractivity contribution in [2.75, 3.05) is 37.7 Å². The van der Waals surface area contributed by atoms with Gasteiger partial charge in [-0.3, -0.25) is 9.69 Å². The minimum absolute atomic E-state index is 0.0987. The van der Waals surface area contributed by atoms with Crippen molar-refractivity contribution in [1.82, 2.24) is 0 Å². The second-order valence-corrected chi connectivity index (χ2v) is 7.21. The first kappa shape index (κ1) is 19.1. The molecule has 7 heteroatoms. The van der Waals surface area contributed by atoms with Gasteiger partial charge >= 0.3 is 0 Å². The van der Waals surface area contributed by atoms with Crippen LogP contribution in [0.25, 0.3) is 0 Å². The van der Waals surface area contributed by atoms with E-state index in [1.807, 2.05) is 60.7 Å². The normalized spacial score (nSPS) is 16.9. The van der Waals surface area contributed by atoms with Crippen LogP contribution in [-0.4, -0.2) is 33.3 Å². The molecule has 3 aromatic carbocycles. The fourth-order valence-corrected chi connectivity index (χ4v) is 3.95. The molecule has 5 rings (SSSR count). The number of ether oxygens (including phenoxy) is 4. The summed E-state index contributed by atoms with van der Waals surface area (Å²) in [6.45, 7) is 0.926. The third-order valence-electron chi connectivity index (χ3n) is 5.44. The van der Waals surface area contributed by atoms with Crippen molar-refractivity contribution in [2.45, 2.75) is 6.17 Å². The molecule has 0 aromatic heterocycles. The molecule has 2 heterocycles. The first-order valence-electron chi connectivity index (χ1n) is 10.0. The van der Waals surface area contributed by atoms with Crippen molar-refractivity contribution < 1.29 is 23.7 Å². The van der Waals surface area contributed by atoms with Gasteiger partial charge in [0.15, 0.2) is 11.5 Å². The molecule has 0 aliphatic carbocycles. The lowest BCUT2D eigenvalue weighted by Crippen LogP contribution is -2.43. The highest BCUT2D eigenvalue weighted by atomic mass is 16.6. The van der Waals surface area contributed by atoms with Crippen LogP contribution < -0.4 is 29.2 Å². The number of carbonyl (C=O) groups excluding carboxylic acids is 1. The standard InChI is InChI=1S/C24H22N2O5/c1-28-17-9-7-16(8-10-17)26-23(25-19-6-4-3-5-18(19)24(26)27)15-13-20(29-2)22-21(14-15)30-11-12-31-22/h3-10,13-14,23,25H,11-12H2,1-2H3. The molecule has 3 aromatic rings. The summed E-state index contributed by atoms with van der Waals surface area (Å²) < 4.78 is 22.4. The number of nitrogens with zero attached hydrogens (tertiary/aromatic N) is 1. The number of fused-ring (bicyclic) bond motifs is 2. The summed E-state index contributed by atoms with van der Waals surface area (Å²) in [5.41, 5.74) is 2.95. The van der Waals surface area contributed by atoms with Crippen LogP contribution in [-0.2, 0) is 0 Å². The number of amides is 1. The molecule has 7 nitrogen and oxygen atoms in total. The summed E-state index contributed by atoms with van der Waals surface area (Å²) in [5.74, 6) is 2.37. The summed E-state index contributed by atoms with van der Waals surface area (Å²) in [7, 11) is 3.20. The summed E-state index contributed by atoms with van der Waals surface area (Å²) in [5, 5.41) is 3.50. The molecule has 0 bridgehead atoms. The highest BCUT2D eigenvalue weighted by Gasteiger charge is 2.35. The van der Waals surface area contributed by atoms with Gasteiger partial charge in [-0.05, 0) is 48.5 Å². The molecule has 0 saturated heterocycles. The number of hydrogen-bond acceptors (Lipinski definition) is 6. The van der Waals surface area contributed by atoms with Gasteiger partial charge in [0.25, 0.3) is 5.91 Å². The number of hydrogen-bond donors (Lipinski definition) is 1. The molecule has 2 aliphatic rings. The first-order valence-corrected chi connectivity index (χ1v) is 10.0. The predicted octanol–water partition coefficient (Wildman–Crippen LogP) is 4.25. The molecule has 0 spiro atoms. The first-order chi connectivity index (χ1) is 15.2. The van der Waals surface area contributed by atoms with E-state index in [2.05, 4.69) is 5.32 Å². The molecule has 1 unspecified atom stereocenters. The molecule has 0 radical (unpaired) electrons. The number of para-hydroxylation sites is 1. The van der Waals surface area contributed by atoms with Crippen molar-refractivity contribution in [3.63, 3.8) is 0 Å². The number of benzene rings is 3. The van der Waals surface area contributed by atoms with Gasteiger partial charge in [0, 0.05) is 16.9 Å². The molecule has 0 saturated carbocycles. The van der Waals surface area contributed by atoms with Gasteiger partial charge in [0.05, 0.1) is 19.8 Å². The van der Waals surface area contributed by atoms with Crippen molar-refractivity contribution in [3.05, 3.63) is 71.8 Å². The fourth-order valence-electron chi connectivity index (χ4n) is 3.95. The number of methoxy groups -OCH3 is 2. The zero-order valence-electron chi connectivity index (χ0n) is 17.3. The Labute approximate surface area is 180 Å². The Hall–Kier alpha value is -3.87. The average Bonchev–Trinajstić information content (AvgIpc) is 2.83. The molecule has 158 valence electrons. The highest BCUT2D eigenvalue weighted by Crippen LogP contribution is 2.44. The van der Waals surface area contributed by atoms with E-state index in [0.717, 1.165) is 22.7 Å². The lowest BCUT2D eigenvalue weighted by atomic mass is 10.0. The fraction of sp³-hybridized carbons (Fsp3) is 0.208. The van der Waals surface area contributed by atoms with Crippen LogP contribution in [0.15, 0.2) is 60.7 Å². The molecule has 1 N–H and O–H groups in total. The molecular formula is C24H22N2O5. The van der Waals surface area contributed by atoms with Crippen molar-refractivity contribution in [3.8, 4) is 23.0 Å². The van der Waals surface area contributed by atoms with E-state index in [9.17, 15) is 4.79 Å². The van der Waals surface area contributed by atoms with Gasteiger partial charge in [-0.1, -0.05) is 12.1 Å². The minimum atomic E-state index is -0.472. The van der Waals surface area contributed by atoms with E-state index in [-0.39, 0.29) is 5.91 Å². The number of carbonyl (C=O) groups is 1. The average molecular weight is 418 g/mol. The maximum atomic E-state index is 13.6. The third-order valence-corrected chi connectivity index (χ3v) is 5.44. The molecule has 1 atom stereocenters. The van der Waals surface area contributed by atoms with Gasteiger partial charge < -0.3 is 24.3 Å². The van der Waals surface area contributed by atoms with Crippen molar-refractivity contribution in [1.29, 1.82) is 0 Å². The topological polar surface area (TPSA) is 69.3 Å². The van der Waals surface area contributed by atoms with Crippen LogP contribution in [0.5, 0.6) is 23.0 Å². The summed E-state index contributed by atoms with van der Waals surface area (Å²) in [4.78, 5) is 15.3. The molecule has 31 heavy (non-hydrogen) atoms. The van der Waals surface area contributed by atoms with E-state index in [0.29, 0.717) is 36.0 Å². The SMILES string of the molecule is COc1ccc(N2C(=O)c3ccccc3NC2c2cc(OC)c3c(c2)OCCO3)cc1. The lowest BCUT2D eigenvalue weighted by molar-refractivity contribution is 0.0974. The Morgan fingerprint density at radius 1 is 0.968 bits per heavy atom. The Kier molecular flexibility index (Phi) is 4.78. The largest absolute Gasteiger partial charge is 0.497 e. The molecule has 0 fully saturated rings.